The fourth-order valence-corrected chi connectivity index (χ4v) is 3.48. The molecule has 0 heterocycles. The van der Waals surface area contributed by atoms with Gasteiger partial charge in [-0.25, -0.2) is 0 Å². The number of aromatic hydroxyl groups is 1. The number of benzene rings is 4. The van der Waals surface area contributed by atoms with Crippen molar-refractivity contribution in [1.29, 1.82) is 0 Å². The van der Waals surface area contributed by atoms with Crippen LogP contribution in [0.2, 0.25) is 0 Å². The van der Waals surface area contributed by atoms with E-state index < -0.39 is 32.8 Å². The Labute approximate surface area is 203 Å². The van der Waals surface area contributed by atoms with Crippen molar-refractivity contribution in [2.75, 3.05) is 0 Å². The number of ketones is 2. The van der Waals surface area contributed by atoms with Gasteiger partial charge in [0.1, 0.15) is 5.75 Å². The topological polar surface area (TPSA) is 150 Å². The molecule has 1 N–H and O–H groups in total. The van der Waals surface area contributed by atoms with Gasteiger partial charge in [0.05, 0.1) is 15.4 Å². The zero-order valence-corrected chi connectivity index (χ0v) is 18.4. The Balaban J connectivity index is 1.73. The number of rotatable bonds is 8. The van der Waals surface area contributed by atoms with Gasteiger partial charge in [0.2, 0.25) is 5.75 Å². The second kappa shape index (κ2) is 9.85. The quantitative estimate of drug-likeness (QED) is 0.197. The van der Waals surface area contributed by atoms with E-state index in [0.29, 0.717) is 5.56 Å². The first kappa shape index (κ1) is 23.8. The van der Waals surface area contributed by atoms with Crippen LogP contribution >= 0.6 is 0 Å². The third kappa shape index (κ3) is 4.77. The van der Waals surface area contributed by atoms with E-state index in [1.165, 1.54) is 36.4 Å². The Kier molecular flexibility index (Phi) is 6.51. The molecule has 0 saturated carbocycles. The molecule has 0 unspecified atom stereocenters. The molecule has 0 bridgehead atoms. The zero-order chi connectivity index (χ0) is 25.8. The predicted octanol–water partition coefficient (Wildman–Crippen LogP) is 5.46. The normalized spacial score (nSPS) is 10.4. The maximum absolute atomic E-state index is 13.1. The number of phenols is 1. The summed E-state index contributed by atoms with van der Waals surface area (Å²) in [5, 5.41) is 32.5. The number of phenolic OH excluding ortho intramolecular Hbond substituents is 1. The van der Waals surface area contributed by atoms with Crippen LogP contribution in [-0.2, 0) is 0 Å². The summed E-state index contributed by atoms with van der Waals surface area (Å²) in [6, 6.07) is 21.1. The summed E-state index contributed by atoms with van der Waals surface area (Å²) in [4.78, 5) is 47.1. The minimum Gasteiger partial charge on any atom is -0.502 e. The van der Waals surface area contributed by atoms with Crippen molar-refractivity contribution in [2.45, 2.75) is 0 Å². The maximum Gasteiger partial charge on any atom is 0.311 e. The molecule has 0 fully saturated rings. The first-order valence-corrected chi connectivity index (χ1v) is 10.4. The molecule has 0 aromatic heterocycles. The molecule has 10 heteroatoms. The molecule has 0 aliphatic heterocycles. The van der Waals surface area contributed by atoms with Crippen LogP contribution in [0.25, 0.3) is 0 Å². The maximum atomic E-state index is 13.1. The first-order valence-electron chi connectivity index (χ1n) is 10.4. The average Bonchev–Trinajstić information content (AvgIpc) is 2.88. The highest BCUT2D eigenvalue weighted by atomic mass is 16.6. The fraction of sp³-hybridized carbons (Fsp3) is 0. The molecule has 0 aliphatic carbocycles. The van der Waals surface area contributed by atoms with E-state index in [1.807, 2.05) is 0 Å². The van der Waals surface area contributed by atoms with Crippen LogP contribution in [0.3, 0.4) is 0 Å². The molecule has 4 aromatic rings. The van der Waals surface area contributed by atoms with Crippen molar-refractivity contribution in [3.05, 3.63) is 133 Å². The van der Waals surface area contributed by atoms with Gasteiger partial charge < -0.3 is 9.84 Å². The van der Waals surface area contributed by atoms with Crippen LogP contribution in [0, 0.1) is 20.2 Å². The molecule has 10 nitrogen and oxygen atoms in total. The molecule has 0 aliphatic rings. The molecule has 0 atom stereocenters. The van der Waals surface area contributed by atoms with Crippen molar-refractivity contribution < 1.29 is 29.3 Å². The second-order valence-corrected chi connectivity index (χ2v) is 7.52. The molecule has 178 valence electrons. The highest BCUT2D eigenvalue weighted by Gasteiger charge is 2.23. The Morgan fingerprint density at radius 1 is 0.639 bits per heavy atom. The van der Waals surface area contributed by atoms with Crippen molar-refractivity contribution >= 4 is 22.9 Å². The molecule has 4 aromatic carbocycles. The van der Waals surface area contributed by atoms with E-state index in [4.69, 9.17) is 4.74 Å². The van der Waals surface area contributed by atoms with E-state index >= 15 is 0 Å². The van der Waals surface area contributed by atoms with E-state index in [-0.39, 0.29) is 34.0 Å². The van der Waals surface area contributed by atoms with Gasteiger partial charge in [0.15, 0.2) is 17.3 Å². The lowest BCUT2D eigenvalue weighted by atomic mass is 10.0. The van der Waals surface area contributed by atoms with Gasteiger partial charge in [-0.2, -0.15) is 0 Å². The summed E-state index contributed by atoms with van der Waals surface area (Å²) in [6.45, 7) is 0. The minimum atomic E-state index is -0.788. The standard InChI is InChI=1S/C26H16N2O8/c29-22-14-17(10-12-20(22)27(32)33)26(31)19-8-4-5-9-23(19)36-24-15-18(11-13-21(24)28(34)35)25(30)16-6-2-1-3-7-16/h1-15,29H. The van der Waals surface area contributed by atoms with Gasteiger partial charge in [-0.15, -0.1) is 0 Å². The Morgan fingerprint density at radius 3 is 1.86 bits per heavy atom. The molecule has 36 heavy (non-hydrogen) atoms. The lowest BCUT2D eigenvalue weighted by Crippen LogP contribution is -2.06. The number of carbonyl (C=O) groups is 2. The van der Waals surface area contributed by atoms with Crippen LogP contribution in [0.15, 0.2) is 91.0 Å². The zero-order valence-electron chi connectivity index (χ0n) is 18.4. The van der Waals surface area contributed by atoms with Crippen molar-refractivity contribution in [1.82, 2.24) is 0 Å². The highest BCUT2D eigenvalue weighted by Crippen LogP contribution is 2.36. The van der Waals surface area contributed by atoms with Crippen molar-refractivity contribution in [2.24, 2.45) is 0 Å². The first-order chi connectivity index (χ1) is 17.3. The van der Waals surface area contributed by atoms with Crippen LogP contribution < -0.4 is 4.74 Å². The Morgan fingerprint density at radius 2 is 1.22 bits per heavy atom. The molecular formula is C26H16N2O8. The molecular weight excluding hydrogens is 468 g/mol. The summed E-state index contributed by atoms with van der Waals surface area (Å²) in [5.74, 6) is -2.01. The largest absolute Gasteiger partial charge is 0.502 e. The third-order valence-corrected chi connectivity index (χ3v) is 5.24. The molecule has 4 rings (SSSR count). The van der Waals surface area contributed by atoms with E-state index in [1.54, 1.807) is 36.4 Å². The van der Waals surface area contributed by atoms with E-state index in [2.05, 4.69) is 0 Å². The highest BCUT2D eigenvalue weighted by molar-refractivity contribution is 6.11. The average molecular weight is 484 g/mol. The summed E-state index contributed by atoms with van der Waals surface area (Å²) >= 11 is 0. The van der Waals surface area contributed by atoms with Gasteiger partial charge in [0, 0.05) is 28.8 Å². The molecule has 0 amide bonds. The lowest BCUT2D eigenvalue weighted by molar-refractivity contribution is -0.385. The summed E-state index contributed by atoms with van der Waals surface area (Å²) in [5.41, 5.74) is -0.533. The summed E-state index contributed by atoms with van der Waals surface area (Å²) in [7, 11) is 0. The number of para-hydroxylation sites is 1. The van der Waals surface area contributed by atoms with Gasteiger partial charge >= 0.3 is 11.4 Å². The Bertz CT molecular complexity index is 1520. The number of nitrogens with zero attached hydrogens (tertiary/aromatic N) is 2. The van der Waals surface area contributed by atoms with Gasteiger partial charge in [0.25, 0.3) is 0 Å². The van der Waals surface area contributed by atoms with Crippen molar-refractivity contribution in [3.8, 4) is 17.2 Å². The molecule has 0 radical (unpaired) electrons. The smallest absolute Gasteiger partial charge is 0.311 e. The van der Waals surface area contributed by atoms with Gasteiger partial charge in [-0.3, -0.25) is 29.8 Å². The van der Waals surface area contributed by atoms with Crippen LogP contribution in [-0.4, -0.2) is 26.5 Å². The van der Waals surface area contributed by atoms with Crippen LogP contribution in [0.5, 0.6) is 17.2 Å². The third-order valence-electron chi connectivity index (χ3n) is 5.24. The second-order valence-electron chi connectivity index (χ2n) is 7.52. The monoisotopic (exact) mass is 484 g/mol. The fourth-order valence-electron chi connectivity index (χ4n) is 3.48. The Hall–Kier alpha value is -5.38. The number of nitro groups is 2. The van der Waals surface area contributed by atoms with Gasteiger partial charge in [-0.1, -0.05) is 42.5 Å². The number of hydrogen-bond donors (Lipinski definition) is 1. The SMILES string of the molecule is O=C(c1ccccc1)c1ccc([N+](=O)[O-])c(Oc2ccccc2C(=O)c2ccc([N+](=O)[O-])c(O)c2)c1. The van der Waals surface area contributed by atoms with Crippen LogP contribution in [0.1, 0.15) is 31.8 Å². The van der Waals surface area contributed by atoms with E-state index in [9.17, 15) is 34.9 Å². The number of nitro benzene ring substituents is 2. The van der Waals surface area contributed by atoms with Gasteiger partial charge in [-0.05, 0) is 36.4 Å². The van der Waals surface area contributed by atoms with Crippen molar-refractivity contribution in [3.63, 3.8) is 0 Å². The minimum absolute atomic E-state index is 0.0140. The van der Waals surface area contributed by atoms with E-state index in [0.717, 1.165) is 18.2 Å². The number of ether oxygens (including phenoxy) is 1. The summed E-state index contributed by atoms with van der Waals surface area (Å²) < 4.78 is 5.78. The molecule has 0 saturated heterocycles. The number of hydrogen-bond acceptors (Lipinski definition) is 8. The lowest BCUT2D eigenvalue weighted by Gasteiger charge is -2.12. The number of carbonyl (C=O) groups excluding carboxylic acids is 2. The predicted molar refractivity (Wildman–Crippen MR) is 128 cm³/mol. The molecule has 0 spiro atoms. The van der Waals surface area contributed by atoms with Crippen LogP contribution in [0.4, 0.5) is 11.4 Å². The summed E-state index contributed by atoms with van der Waals surface area (Å²) in [6.07, 6.45) is 0.